The molecule has 0 saturated heterocycles. The number of rotatable bonds is 10. The van der Waals surface area contributed by atoms with Crippen LogP contribution in [-0.2, 0) is 4.79 Å². The number of aryl methyl sites for hydroxylation is 1. The van der Waals surface area contributed by atoms with Crippen molar-refractivity contribution in [3.8, 4) is 0 Å². The van der Waals surface area contributed by atoms with Crippen molar-refractivity contribution in [2.75, 3.05) is 32.6 Å². The van der Waals surface area contributed by atoms with Crippen molar-refractivity contribution in [2.45, 2.75) is 25.4 Å². The first-order valence-corrected chi connectivity index (χ1v) is 11.3. The van der Waals surface area contributed by atoms with E-state index in [1.807, 2.05) is 50.4 Å². The summed E-state index contributed by atoms with van der Waals surface area (Å²) in [7, 11) is 3.76. The number of hydrogen-bond acceptors (Lipinski definition) is 4. The highest BCUT2D eigenvalue weighted by Gasteiger charge is 2.23. The van der Waals surface area contributed by atoms with E-state index >= 15 is 0 Å². The average Bonchev–Trinajstić information content (AvgIpc) is 2.70. The van der Waals surface area contributed by atoms with Crippen LogP contribution in [0.4, 0.5) is 4.39 Å². The first-order valence-electron chi connectivity index (χ1n) is 9.88. The summed E-state index contributed by atoms with van der Waals surface area (Å²) in [6.45, 7) is 2.23. The molecule has 2 aromatic carbocycles. The summed E-state index contributed by atoms with van der Waals surface area (Å²) in [5.74, 6) is -0.0794. The van der Waals surface area contributed by atoms with Crippen molar-refractivity contribution < 1.29 is 14.0 Å². The fourth-order valence-electron chi connectivity index (χ4n) is 3.17. The predicted molar refractivity (Wildman–Crippen MR) is 121 cm³/mol. The molecule has 0 bridgehead atoms. The molecule has 2 unspecified atom stereocenters. The van der Waals surface area contributed by atoms with E-state index in [-0.39, 0.29) is 23.7 Å². The molecule has 5 nitrogen and oxygen atoms in total. The molecule has 0 aliphatic carbocycles. The second-order valence-corrected chi connectivity index (χ2v) is 8.44. The lowest BCUT2D eigenvalue weighted by Gasteiger charge is -2.26. The summed E-state index contributed by atoms with van der Waals surface area (Å²) in [5, 5.41) is 5.79. The molecule has 2 rings (SSSR count). The Kier molecular flexibility index (Phi) is 9.33. The van der Waals surface area contributed by atoms with E-state index in [1.165, 1.54) is 12.1 Å². The lowest BCUT2D eigenvalue weighted by Crippen LogP contribution is -2.48. The highest BCUT2D eigenvalue weighted by Crippen LogP contribution is 2.18. The second kappa shape index (κ2) is 11.7. The highest BCUT2D eigenvalue weighted by molar-refractivity contribution is 7.98. The Morgan fingerprint density at radius 2 is 1.87 bits per heavy atom. The second-order valence-electron chi connectivity index (χ2n) is 7.46. The molecule has 0 aliphatic heterocycles. The topological polar surface area (TPSA) is 61.4 Å². The Balaban J connectivity index is 2.07. The summed E-state index contributed by atoms with van der Waals surface area (Å²) in [6.07, 6.45) is 2.49. The Bertz CT molecular complexity index is 860. The van der Waals surface area contributed by atoms with Gasteiger partial charge in [0.05, 0.1) is 6.04 Å². The smallest absolute Gasteiger partial charge is 0.251 e. The molecular formula is C23H30FN3O2S. The van der Waals surface area contributed by atoms with Gasteiger partial charge in [0.25, 0.3) is 5.91 Å². The third kappa shape index (κ3) is 7.15. The van der Waals surface area contributed by atoms with Gasteiger partial charge in [-0.25, -0.2) is 4.39 Å². The maximum absolute atomic E-state index is 13.6. The minimum Gasteiger partial charge on any atom is -0.352 e. The molecule has 2 amide bonds. The molecule has 2 aromatic rings. The van der Waals surface area contributed by atoms with Crippen LogP contribution in [-0.4, -0.2) is 55.4 Å². The third-order valence-electron chi connectivity index (χ3n) is 4.84. The Morgan fingerprint density at radius 1 is 1.13 bits per heavy atom. The van der Waals surface area contributed by atoms with Crippen molar-refractivity contribution in [1.82, 2.24) is 15.5 Å². The standard InChI is InChI=1S/C23H30FN3O2S/c1-16-7-5-9-18(13-16)22(28)26-20(11-12-30-4)23(29)25-15-21(27(2)3)17-8-6-10-19(24)14-17/h5-10,13-14,20-21H,11-12,15H2,1-4H3,(H,25,29)(H,26,28). The summed E-state index contributed by atoms with van der Waals surface area (Å²) < 4.78 is 13.6. The van der Waals surface area contributed by atoms with Crippen molar-refractivity contribution in [3.63, 3.8) is 0 Å². The summed E-state index contributed by atoms with van der Waals surface area (Å²) in [6, 6.07) is 12.8. The minimum absolute atomic E-state index is 0.182. The Hall–Kier alpha value is -2.38. The van der Waals surface area contributed by atoms with Crippen LogP contribution in [0.5, 0.6) is 0 Å². The lowest BCUT2D eigenvalue weighted by atomic mass is 10.1. The van der Waals surface area contributed by atoms with Crippen LogP contribution in [0.2, 0.25) is 0 Å². The van der Waals surface area contributed by atoms with Crippen LogP contribution < -0.4 is 10.6 Å². The zero-order valence-corrected chi connectivity index (χ0v) is 18.8. The van der Waals surface area contributed by atoms with Crippen LogP contribution in [0.1, 0.15) is 33.9 Å². The van der Waals surface area contributed by atoms with E-state index in [0.29, 0.717) is 18.5 Å². The molecule has 2 atom stereocenters. The normalized spacial score (nSPS) is 13.0. The van der Waals surface area contributed by atoms with Gasteiger partial charge in [-0.1, -0.05) is 29.8 Å². The van der Waals surface area contributed by atoms with Crippen LogP contribution in [0.3, 0.4) is 0 Å². The molecule has 0 aliphatic rings. The summed E-state index contributed by atoms with van der Waals surface area (Å²) >= 11 is 1.62. The third-order valence-corrected chi connectivity index (χ3v) is 5.48. The Morgan fingerprint density at radius 3 is 2.50 bits per heavy atom. The van der Waals surface area contributed by atoms with Crippen molar-refractivity contribution >= 4 is 23.6 Å². The SMILES string of the molecule is CSCCC(NC(=O)c1cccc(C)c1)C(=O)NCC(c1cccc(F)c1)N(C)C. The van der Waals surface area contributed by atoms with E-state index in [4.69, 9.17) is 0 Å². The zero-order valence-electron chi connectivity index (χ0n) is 17.9. The highest BCUT2D eigenvalue weighted by atomic mass is 32.2. The first-order chi connectivity index (χ1) is 14.3. The van der Waals surface area contributed by atoms with Gasteiger partial charge in [-0.15, -0.1) is 0 Å². The van der Waals surface area contributed by atoms with E-state index in [2.05, 4.69) is 10.6 Å². The largest absolute Gasteiger partial charge is 0.352 e. The van der Waals surface area contributed by atoms with Gasteiger partial charge in [-0.2, -0.15) is 11.8 Å². The number of likely N-dealkylation sites (N-methyl/N-ethyl adjacent to an activating group) is 1. The number of halogens is 1. The van der Waals surface area contributed by atoms with Crippen LogP contribution >= 0.6 is 11.8 Å². The lowest BCUT2D eigenvalue weighted by molar-refractivity contribution is -0.123. The average molecular weight is 432 g/mol. The fourth-order valence-corrected chi connectivity index (χ4v) is 3.64. The first kappa shape index (κ1) is 23.9. The maximum Gasteiger partial charge on any atom is 0.251 e. The number of carbonyl (C=O) groups is 2. The van der Waals surface area contributed by atoms with E-state index < -0.39 is 6.04 Å². The predicted octanol–water partition coefficient (Wildman–Crippen LogP) is 3.40. The van der Waals surface area contributed by atoms with Gasteiger partial charge in [0.2, 0.25) is 5.91 Å². The molecular weight excluding hydrogens is 401 g/mol. The van der Waals surface area contributed by atoms with Crippen LogP contribution in [0.15, 0.2) is 48.5 Å². The molecule has 0 fully saturated rings. The maximum atomic E-state index is 13.6. The molecule has 7 heteroatoms. The number of thioether (sulfide) groups is 1. The molecule has 2 N–H and O–H groups in total. The van der Waals surface area contributed by atoms with Crippen LogP contribution in [0.25, 0.3) is 0 Å². The summed E-state index contributed by atoms with van der Waals surface area (Å²) in [5.41, 5.74) is 2.30. The van der Waals surface area contributed by atoms with E-state index in [9.17, 15) is 14.0 Å². The van der Waals surface area contributed by atoms with Crippen LogP contribution in [0, 0.1) is 12.7 Å². The number of benzene rings is 2. The zero-order chi connectivity index (χ0) is 22.1. The molecule has 0 aromatic heterocycles. The summed E-state index contributed by atoms with van der Waals surface area (Å²) in [4.78, 5) is 27.4. The Labute approximate surface area is 182 Å². The van der Waals surface area contributed by atoms with Crippen molar-refractivity contribution in [2.24, 2.45) is 0 Å². The monoisotopic (exact) mass is 431 g/mol. The van der Waals surface area contributed by atoms with Crippen molar-refractivity contribution in [3.05, 3.63) is 71.0 Å². The van der Waals surface area contributed by atoms with Gasteiger partial charge in [0.1, 0.15) is 11.9 Å². The number of nitrogens with one attached hydrogen (secondary N) is 2. The molecule has 162 valence electrons. The minimum atomic E-state index is -0.638. The van der Waals surface area contributed by atoms with E-state index in [0.717, 1.165) is 16.9 Å². The van der Waals surface area contributed by atoms with Gasteiger partial charge in [0.15, 0.2) is 0 Å². The number of nitrogens with zero attached hydrogens (tertiary/aromatic N) is 1. The molecule has 0 radical (unpaired) electrons. The van der Waals surface area contributed by atoms with Gasteiger partial charge >= 0.3 is 0 Å². The van der Waals surface area contributed by atoms with Gasteiger partial charge in [0, 0.05) is 12.1 Å². The van der Waals surface area contributed by atoms with Crippen molar-refractivity contribution in [1.29, 1.82) is 0 Å². The number of amides is 2. The van der Waals surface area contributed by atoms with Gasteiger partial charge in [-0.05, 0) is 69.3 Å². The van der Waals surface area contributed by atoms with E-state index in [1.54, 1.807) is 30.0 Å². The van der Waals surface area contributed by atoms with Gasteiger partial charge < -0.3 is 15.5 Å². The quantitative estimate of drug-likeness (QED) is 0.605. The molecule has 0 spiro atoms. The number of carbonyl (C=O) groups excluding carboxylic acids is 2. The molecule has 0 heterocycles. The molecule has 0 saturated carbocycles. The molecule has 30 heavy (non-hydrogen) atoms. The number of hydrogen-bond donors (Lipinski definition) is 2. The fraction of sp³-hybridized carbons (Fsp3) is 0.391. The van der Waals surface area contributed by atoms with Gasteiger partial charge in [-0.3, -0.25) is 9.59 Å².